The number of halogens is 1. The van der Waals surface area contributed by atoms with E-state index in [0.717, 1.165) is 31.9 Å². The largest absolute Gasteiger partial charge is 0.361 e. The van der Waals surface area contributed by atoms with E-state index < -0.39 is 0 Å². The van der Waals surface area contributed by atoms with E-state index in [9.17, 15) is 0 Å². The number of H-pyrrole nitrogens is 1. The molecule has 0 bridgehead atoms. The number of aryl methyl sites for hydroxylation is 1. The zero-order valence-electron chi connectivity index (χ0n) is 14.6. The third kappa shape index (κ3) is 5.47. The fourth-order valence-electron chi connectivity index (χ4n) is 2.80. The van der Waals surface area contributed by atoms with Crippen LogP contribution in [0.5, 0.6) is 0 Å². The summed E-state index contributed by atoms with van der Waals surface area (Å²) >= 11 is 1.80. The Morgan fingerprint density at radius 1 is 1.16 bits per heavy atom. The first-order valence-corrected chi connectivity index (χ1v) is 9.18. The smallest absolute Gasteiger partial charge is 0.190 e. The van der Waals surface area contributed by atoms with Gasteiger partial charge in [0.05, 0.1) is 0 Å². The van der Waals surface area contributed by atoms with Crippen molar-refractivity contribution < 1.29 is 0 Å². The molecule has 134 valence electrons. The van der Waals surface area contributed by atoms with Crippen molar-refractivity contribution in [3.05, 3.63) is 57.9 Å². The van der Waals surface area contributed by atoms with Gasteiger partial charge in [0.25, 0.3) is 0 Å². The van der Waals surface area contributed by atoms with E-state index in [1.165, 1.54) is 26.9 Å². The Labute approximate surface area is 170 Å². The van der Waals surface area contributed by atoms with Gasteiger partial charge in [0, 0.05) is 42.1 Å². The Bertz CT molecular complexity index is 808. The Balaban J connectivity index is 0.00000225. The first-order chi connectivity index (χ1) is 11.8. The van der Waals surface area contributed by atoms with Crippen LogP contribution < -0.4 is 10.6 Å². The number of fused-ring (bicyclic) bond motifs is 1. The SMILES string of the molecule is CN=C(NCCc1cccs1)NCCc1c[nH]c2cc(C)ccc12.I. The summed E-state index contributed by atoms with van der Waals surface area (Å²) in [6, 6.07) is 10.8. The summed E-state index contributed by atoms with van der Waals surface area (Å²) in [4.78, 5) is 9.04. The minimum atomic E-state index is 0. The maximum absolute atomic E-state index is 4.29. The topological polar surface area (TPSA) is 52.2 Å². The number of thiophene rings is 1. The van der Waals surface area contributed by atoms with Crippen molar-refractivity contribution in [1.29, 1.82) is 0 Å². The molecule has 0 saturated heterocycles. The van der Waals surface area contributed by atoms with Crippen LogP contribution in [0, 0.1) is 6.92 Å². The number of guanidine groups is 1. The molecule has 1 aromatic carbocycles. The van der Waals surface area contributed by atoms with Crippen LogP contribution in [-0.4, -0.2) is 31.1 Å². The minimum Gasteiger partial charge on any atom is -0.361 e. The molecule has 0 atom stereocenters. The zero-order chi connectivity index (χ0) is 16.8. The van der Waals surface area contributed by atoms with Gasteiger partial charge in [0.2, 0.25) is 0 Å². The maximum atomic E-state index is 4.29. The van der Waals surface area contributed by atoms with Crippen LogP contribution in [-0.2, 0) is 12.8 Å². The van der Waals surface area contributed by atoms with Gasteiger partial charge in [-0.2, -0.15) is 0 Å². The number of hydrogen-bond acceptors (Lipinski definition) is 2. The van der Waals surface area contributed by atoms with E-state index in [2.05, 4.69) is 69.4 Å². The van der Waals surface area contributed by atoms with Gasteiger partial charge in [-0.25, -0.2) is 0 Å². The first kappa shape index (κ1) is 19.8. The molecular formula is C19H25IN4S. The molecule has 6 heteroatoms. The number of hydrogen-bond donors (Lipinski definition) is 3. The second-order valence-electron chi connectivity index (χ2n) is 5.87. The Kier molecular flexibility index (Phi) is 7.77. The Morgan fingerprint density at radius 3 is 2.68 bits per heavy atom. The van der Waals surface area contributed by atoms with Crippen molar-refractivity contribution in [1.82, 2.24) is 15.6 Å². The van der Waals surface area contributed by atoms with Crippen LogP contribution in [0.1, 0.15) is 16.0 Å². The number of aromatic amines is 1. The average Bonchev–Trinajstić information content (AvgIpc) is 3.23. The van der Waals surface area contributed by atoms with E-state index >= 15 is 0 Å². The summed E-state index contributed by atoms with van der Waals surface area (Å²) in [5.74, 6) is 0.863. The summed E-state index contributed by atoms with van der Waals surface area (Å²) < 4.78 is 0. The van der Waals surface area contributed by atoms with Crippen molar-refractivity contribution in [3.63, 3.8) is 0 Å². The van der Waals surface area contributed by atoms with Gasteiger partial charge in [0.15, 0.2) is 5.96 Å². The van der Waals surface area contributed by atoms with Gasteiger partial charge < -0.3 is 15.6 Å². The molecule has 0 saturated carbocycles. The maximum Gasteiger partial charge on any atom is 0.190 e. The number of aromatic nitrogens is 1. The van der Waals surface area contributed by atoms with E-state index in [-0.39, 0.29) is 24.0 Å². The highest BCUT2D eigenvalue weighted by Crippen LogP contribution is 2.19. The monoisotopic (exact) mass is 468 g/mol. The molecule has 2 heterocycles. The molecule has 0 amide bonds. The van der Waals surface area contributed by atoms with Crippen LogP contribution in [0.3, 0.4) is 0 Å². The summed E-state index contributed by atoms with van der Waals surface area (Å²) in [5, 5.41) is 10.2. The number of benzene rings is 1. The standard InChI is InChI=1S/C19H24N4S.HI/c1-14-5-6-17-15(13-23-18(17)12-14)7-9-21-19(20-2)22-10-8-16-4-3-11-24-16;/h3-6,11-13,23H,7-10H2,1-2H3,(H2,20,21,22);1H. The molecule has 25 heavy (non-hydrogen) atoms. The van der Waals surface area contributed by atoms with Crippen molar-refractivity contribution in [2.24, 2.45) is 4.99 Å². The third-order valence-electron chi connectivity index (χ3n) is 4.08. The molecule has 0 aliphatic rings. The highest BCUT2D eigenvalue weighted by molar-refractivity contribution is 14.0. The summed E-state index contributed by atoms with van der Waals surface area (Å²) in [6.07, 6.45) is 4.10. The van der Waals surface area contributed by atoms with Crippen molar-refractivity contribution >= 4 is 52.2 Å². The molecule has 0 radical (unpaired) electrons. The molecule has 0 aliphatic carbocycles. The van der Waals surface area contributed by atoms with Gasteiger partial charge in [-0.05, 0) is 48.4 Å². The second-order valence-corrected chi connectivity index (χ2v) is 6.90. The zero-order valence-corrected chi connectivity index (χ0v) is 17.8. The second kappa shape index (κ2) is 9.82. The lowest BCUT2D eigenvalue weighted by Crippen LogP contribution is -2.39. The van der Waals surface area contributed by atoms with E-state index in [1.807, 2.05) is 7.05 Å². The van der Waals surface area contributed by atoms with Crippen LogP contribution in [0.2, 0.25) is 0 Å². The van der Waals surface area contributed by atoms with E-state index in [1.54, 1.807) is 11.3 Å². The fraction of sp³-hybridized carbons (Fsp3) is 0.316. The van der Waals surface area contributed by atoms with E-state index in [4.69, 9.17) is 0 Å². The third-order valence-corrected chi connectivity index (χ3v) is 5.01. The quantitative estimate of drug-likeness (QED) is 0.290. The van der Waals surface area contributed by atoms with Gasteiger partial charge in [0.1, 0.15) is 0 Å². The Hall–Kier alpha value is -1.54. The molecule has 2 aromatic heterocycles. The van der Waals surface area contributed by atoms with Crippen molar-refractivity contribution in [2.45, 2.75) is 19.8 Å². The lowest BCUT2D eigenvalue weighted by Gasteiger charge is -2.11. The molecule has 0 unspecified atom stereocenters. The molecule has 0 spiro atoms. The van der Waals surface area contributed by atoms with Gasteiger partial charge in [-0.15, -0.1) is 35.3 Å². The first-order valence-electron chi connectivity index (χ1n) is 8.30. The number of nitrogens with zero attached hydrogens (tertiary/aromatic N) is 1. The molecule has 0 fully saturated rings. The predicted molar refractivity (Wildman–Crippen MR) is 120 cm³/mol. The molecule has 0 aliphatic heterocycles. The molecule has 3 aromatic rings. The van der Waals surface area contributed by atoms with Crippen LogP contribution >= 0.6 is 35.3 Å². The minimum absolute atomic E-state index is 0. The van der Waals surface area contributed by atoms with Crippen LogP contribution in [0.4, 0.5) is 0 Å². The lowest BCUT2D eigenvalue weighted by atomic mass is 10.1. The highest BCUT2D eigenvalue weighted by Gasteiger charge is 2.04. The summed E-state index contributed by atoms with van der Waals surface area (Å²) in [7, 11) is 1.81. The molecule has 3 N–H and O–H groups in total. The van der Waals surface area contributed by atoms with Gasteiger partial charge in [-0.3, -0.25) is 4.99 Å². The molecule has 3 rings (SSSR count). The number of aliphatic imine (C=N–C) groups is 1. The average molecular weight is 468 g/mol. The number of nitrogens with one attached hydrogen (secondary N) is 3. The Morgan fingerprint density at radius 2 is 1.96 bits per heavy atom. The normalized spacial score (nSPS) is 11.4. The predicted octanol–water partition coefficient (Wildman–Crippen LogP) is 4.11. The highest BCUT2D eigenvalue weighted by atomic mass is 127. The van der Waals surface area contributed by atoms with E-state index in [0.29, 0.717) is 0 Å². The van der Waals surface area contributed by atoms with Crippen LogP contribution in [0.15, 0.2) is 46.9 Å². The van der Waals surface area contributed by atoms with Crippen molar-refractivity contribution in [2.75, 3.05) is 20.1 Å². The lowest BCUT2D eigenvalue weighted by molar-refractivity contribution is 0.789. The molecule has 4 nitrogen and oxygen atoms in total. The van der Waals surface area contributed by atoms with Crippen LogP contribution in [0.25, 0.3) is 10.9 Å². The van der Waals surface area contributed by atoms with Gasteiger partial charge in [-0.1, -0.05) is 18.2 Å². The summed E-state index contributed by atoms with van der Waals surface area (Å²) in [6.45, 7) is 3.87. The van der Waals surface area contributed by atoms with Crippen molar-refractivity contribution in [3.8, 4) is 0 Å². The molecular weight excluding hydrogens is 443 g/mol. The number of rotatable bonds is 6. The summed E-state index contributed by atoms with van der Waals surface area (Å²) in [5.41, 5.74) is 3.83. The van der Waals surface area contributed by atoms with Gasteiger partial charge >= 0.3 is 0 Å². The fourth-order valence-corrected chi connectivity index (χ4v) is 3.51.